The molecule has 1 aromatic heterocycles. The molecule has 0 N–H and O–H groups in total. The number of nitrogens with zero attached hydrogens (tertiary/aromatic N) is 1. The van der Waals surface area contributed by atoms with Crippen LogP contribution in [0.15, 0.2) is 69.9 Å². The van der Waals surface area contributed by atoms with Crippen molar-refractivity contribution in [2.24, 2.45) is 0 Å². The molecule has 0 radical (unpaired) electrons. The second kappa shape index (κ2) is 10.7. The summed E-state index contributed by atoms with van der Waals surface area (Å²) in [5, 5.41) is 0.768. The van der Waals surface area contributed by atoms with Crippen molar-refractivity contribution in [3.8, 4) is 17.2 Å². The zero-order valence-electron chi connectivity index (χ0n) is 21.6. The van der Waals surface area contributed by atoms with Crippen LogP contribution in [-0.4, -0.2) is 24.2 Å². The summed E-state index contributed by atoms with van der Waals surface area (Å²) >= 11 is 6.20. The first-order chi connectivity index (χ1) is 19.0. The predicted octanol–water partition coefficient (Wildman–Crippen LogP) is 6.88. The Morgan fingerprint density at radius 3 is 2.59 bits per heavy atom. The fourth-order valence-corrected chi connectivity index (χ4v) is 5.38. The molecule has 2 aliphatic rings. The lowest BCUT2D eigenvalue weighted by atomic mass is 9.98. The van der Waals surface area contributed by atoms with E-state index in [-0.39, 0.29) is 30.4 Å². The molecule has 3 heterocycles. The molecule has 39 heavy (non-hydrogen) atoms. The number of rotatable bonds is 9. The summed E-state index contributed by atoms with van der Waals surface area (Å²) in [7, 11) is 0. The van der Waals surface area contributed by atoms with Crippen molar-refractivity contribution in [3.63, 3.8) is 0 Å². The highest BCUT2D eigenvalue weighted by Crippen LogP contribution is 2.41. The van der Waals surface area contributed by atoms with E-state index in [9.17, 15) is 9.59 Å². The van der Waals surface area contributed by atoms with Crippen molar-refractivity contribution in [2.45, 2.75) is 45.2 Å². The van der Waals surface area contributed by atoms with Gasteiger partial charge < -0.3 is 23.5 Å². The minimum atomic E-state index is -0.642. The molecule has 0 fully saturated rings. The zero-order valence-corrected chi connectivity index (χ0v) is 22.3. The second-order valence-electron chi connectivity index (χ2n) is 9.82. The minimum Gasteiger partial charge on any atom is -0.494 e. The quantitative estimate of drug-likeness (QED) is 0.213. The summed E-state index contributed by atoms with van der Waals surface area (Å²) in [5.74, 6) is 1.74. The number of carbonyl (C=O) groups is 1. The van der Waals surface area contributed by atoms with Gasteiger partial charge in [0, 0.05) is 11.6 Å². The lowest BCUT2D eigenvalue weighted by Crippen LogP contribution is -2.29. The first-order valence-electron chi connectivity index (χ1n) is 13.2. The van der Waals surface area contributed by atoms with Gasteiger partial charge in [0.1, 0.15) is 11.3 Å². The van der Waals surface area contributed by atoms with Crippen molar-refractivity contribution < 1.29 is 23.4 Å². The van der Waals surface area contributed by atoms with E-state index in [0.717, 1.165) is 29.7 Å². The third-order valence-corrected chi connectivity index (χ3v) is 7.42. The summed E-state index contributed by atoms with van der Waals surface area (Å²) in [6, 6.07) is 17.4. The van der Waals surface area contributed by atoms with E-state index in [1.807, 2.05) is 42.5 Å². The van der Waals surface area contributed by atoms with Crippen LogP contribution in [0.4, 0.5) is 0 Å². The van der Waals surface area contributed by atoms with Gasteiger partial charge in [-0.25, -0.2) is 0 Å². The molecule has 0 spiro atoms. The highest BCUT2D eigenvalue weighted by molar-refractivity contribution is 6.31. The minimum absolute atomic E-state index is 0.0526. The Morgan fingerprint density at radius 1 is 0.949 bits per heavy atom. The van der Waals surface area contributed by atoms with Gasteiger partial charge in [0.05, 0.1) is 23.6 Å². The molecule has 7 nitrogen and oxygen atoms in total. The molecule has 0 saturated carbocycles. The molecule has 0 bridgehead atoms. The maximum Gasteiger partial charge on any atom is 0.291 e. The third kappa shape index (κ3) is 4.83. The Kier molecular flexibility index (Phi) is 6.92. The number of benzene rings is 3. The van der Waals surface area contributed by atoms with E-state index in [1.54, 1.807) is 23.1 Å². The maximum atomic E-state index is 13.8. The summed E-state index contributed by atoms with van der Waals surface area (Å²) in [4.78, 5) is 29.2. The van der Waals surface area contributed by atoms with E-state index in [4.69, 9.17) is 30.2 Å². The number of ether oxygens (including phenoxy) is 3. The number of halogens is 1. The van der Waals surface area contributed by atoms with Crippen LogP contribution in [0.5, 0.6) is 17.2 Å². The van der Waals surface area contributed by atoms with Crippen LogP contribution in [0.25, 0.3) is 11.0 Å². The van der Waals surface area contributed by atoms with Gasteiger partial charge in [0.15, 0.2) is 16.9 Å². The average Bonchev–Trinajstić information content (AvgIpc) is 3.52. The molecule has 0 aliphatic carbocycles. The molecule has 1 unspecified atom stereocenters. The number of unbranched alkanes of at least 4 members (excludes halogenated alkanes) is 3. The standard InChI is InChI=1S/C31H28ClNO6/c1-2-3-4-5-14-36-22-10-7-20(8-11-22)28-27-29(34)23-16-21(32)9-13-24(23)39-30(27)31(35)33(28)17-19-6-12-25-26(15-19)38-18-37-25/h6-13,15-16,28H,2-5,14,17-18H2,1H3. The molecule has 1 amide bonds. The zero-order chi connectivity index (χ0) is 26.9. The number of fused-ring (bicyclic) bond motifs is 3. The molecule has 1 atom stereocenters. The predicted molar refractivity (Wildman–Crippen MR) is 148 cm³/mol. The molecule has 6 rings (SSSR count). The molecule has 3 aromatic carbocycles. The molecular formula is C31H28ClNO6. The summed E-state index contributed by atoms with van der Waals surface area (Å²) in [6.07, 6.45) is 4.51. The molecule has 8 heteroatoms. The number of hydrogen-bond donors (Lipinski definition) is 0. The highest BCUT2D eigenvalue weighted by Gasteiger charge is 2.42. The van der Waals surface area contributed by atoms with Gasteiger partial charge in [-0.3, -0.25) is 9.59 Å². The maximum absolute atomic E-state index is 13.8. The van der Waals surface area contributed by atoms with Gasteiger partial charge in [0.25, 0.3) is 5.91 Å². The molecular weight excluding hydrogens is 518 g/mol. The normalized spacial score (nSPS) is 15.7. The van der Waals surface area contributed by atoms with Crippen molar-refractivity contribution in [3.05, 3.63) is 98.4 Å². The summed E-state index contributed by atoms with van der Waals surface area (Å²) in [6.45, 7) is 3.24. The fourth-order valence-electron chi connectivity index (χ4n) is 5.20. The third-order valence-electron chi connectivity index (χ3n) is 7.18. The highest BCUT2D eigenvalue weighted by atomic mass is 35.5. The van der Waals surface area contributed by atoms with Crippen molar-refractivity contribution >= 4 is 28.5 Å². The molecule has 0 saturated heterocycles. The summed E-state index contributed by atoms with van der Waals surface area (Å²) in [5.41, 5.74) is 2.00. The lowest BCUT2D eigenvalue weighted by molar-refractivity contribution is 0.0714. The second-order valence-corrected chi connectivity index (χ2v) is 10.3. The van der Waals surface area contributed by atoms with E-state index in [1.165, 1.54) is 12.8 Å². The largest absolute Gasteiger partial charge is 0.494 e. The first-order valence-corrected chi connectivity index (χ1v) is 13.6. The monoisotopic (exact) mass is 545 g/mol. The number of carbonyl (C=O) groups excluding carboxylic acids is 1. The van der Waals surface area contributed by atoms with Crippen LogP contribution in [-0.2, 0) is 6.54 Å². The van der Waals surface area contributed by atoms with Gasteiger partial charge in [-0.05, 0) is 60.0 Å². The Labute approximate surface area is 230 Å². The average molecular weight is 546 g/mol. The van der Waals surface area contributed by atoms with Crippen molar-refractivity contribution in [1.29, 1.82) is 0 Å². The van der Waals surface area contributed by atoms with Gasteiger partial charge in [-0.2, -0.15) is 0 Å². The Morgan fingerprint density at radius 2 is 1.77 bits per heavy atom. The SMILES string of the molecule is CCCCCCOc1ccc(C2c3c(oc4ccc(Cl)cc4c3=O)C(=O)N2Cc2ccc3c(c2)OCO3)cc1. The smallest absolute Gasteiger partial charge is 0.291 e. The van der Waals surface area contributed by atoms with Crippen LogP contribution >= 0.6 is 11.6 Å². The Bertz CT molecular complexity index is 1600. The van der Waals surface area contributed by atoms with Crippen LogP contribution in [0.2, 0.25) is 5.02 Å². The van der Waals surface area contributed by atoms with Crippen LogP contribution < -0.4 is 19.6 Å². The van der Waals surface area contributed by atoms with Gasteiger partial charge in [-0.1, -0.05) is 56.0 Å². The van der Waals surface area contributed by atoms with Crippen LogP contribution in [0.1, 0.15) is 65.9 Å². The summed E-state index contributed by atoms with van der Waals surface area (Å²) < 4.78 is 22.9. The molecule has 2 aliphatic heterocycles. The van der Waals surface area contributed by atoms with E-state index >= 15 is 0 Å². The van der Waals surface area contributed by atoms with Gasteiger partial charge >= 0.3 is 0 Å². The topological polar surface area (TPSA) is 78.2 Å². The Hall–Kier alpha value is -3.97. The van der Waals surface area contributed by atoms with Crippen molar-refractivity contribution in [2.75, 3.05) is 13.4 Å². The van der Waals surface area contributed by atoms with Crippen LogP contribution in [0.3, 0.4) is 0 Å². The van der Waals surface area contributed by atoms with Crippen LogP contribution in [0, 0.1) is 0 Å². The molecule has 4 aromatic rings. The van der Waals surface area contributed by atoms with E-state index < -0.39 is 6.04 Å². The number of amides is 1. The molecule has 200 valence electrons. The van der Waals surface area contributed by atoms with Gasteiger partial charge in [0.2, 0.25) is 12.6 Å². The Balaban J connectivity index is 1.37. The fraction of sp³-hybridized carbons (Fsp3) is 0.290. The van der Waals surface area contributed by atoms with E-state index in [0.29, 0.717) is 39.7 Å². The number of hydrogen-bond acceptors (Lipinski definition) is 6. The van der Waals surface area contributed by atoms with Crippen molar-refractivity contribution in [1.82, 2.24) is 4.90 Å². The van der Waals surface area contributed by atoms with E-state index in [2.05, 4.69) is 6.92 Å². The van der Waals surface area contributed by atoms with Gasteiger partial charge in [-0.15, -0.1) is 0 Å². The lowest BCUT2D eigenvalue weighted by Gasteiger charge is -2.25. The first kappa shape index (κ1) is 25.3.